The lowest BCUT2D eigenvalue weighted by atomic mass is 10.2. The van der Waals surface area contributed by atoms with Crippen LogP contribution in [0.5, 0.6) is 0 Å². The van der Waals surface area contributed by atoms with Gasteiger partial charge in [-0.15, -0.1) is 11.3 Å². The average Bonchev–Trinajstić information content (AvgIpc) is 2.99. The van der Waals surface area contributed by atoms with Gasteiger partial charge in [0, 0.05) is 17.0 Å². The molecule has 0 aromatic carbocycles. The lowest BCUT2D eigenvalue weighted by molar-refractivity contribution is -0.133. The second kappa shape index (κ2) is 7.03. The molecule has 1 saturated carbocycles. The van der Waals surface area contributed by atoms with E-state index in [2.05, 4.69) is 37.4 Å². The van der Waals surface area contributed by atoms with E-state index in [1.165, 1.54) is 4.88 Å². The maximum Gasteiger partial charge on any atom is 0.237 e. The third-order valence-electron chi connectivity index (χ3n) is 4.92. The Morgan fingerprint density at radius 1 is 1.38 bits per heavy atom. The summed E-state index contributed by atoms with van der Waals surface area (Å²) in [5.74, 6) is 0.274. The molecule has 24 heavy (non-hydrogen) atoms. The molecule has 1 aliphatic heterocycles. The maximum absolute atomic E-state index is 12.9. The minimum Gasteiger partial charge on any atom is -0.333 e. The highest BCUT2D eigenvalue weighted by Crippen LogP contribution is 2.30. The minimum absolute atomic E-state index is 0.274. The smallest absolute Gasteiger partial charge is 0.237 e. The van der Waals surface area contributed by atoms with Crippen LogP contribution in [0.25, 0.3) is 0 Å². The topological polar surface area (TPSA) is 54.3 Å². The molecule has 6 nitrogen and oxygen atoms in total. The Balaban J connectivity index is 1.38. The van der Waals surface area contributed by atoms with E-state index in [0.717, 1.165) is 45.3 Å². The molecule has 3 heterocycles. The van der Waals surface area contributed by atoms with Crippen LogP contribution in [-0.4, -0.2) is 55.6 Å². The predicted octanol–water partition coefficient (Wildman–Crippen LogP) is 2.00. The molecular weight excluding hydrogens is 322 g/mol. The number of likely N-dealkylation sites (tertiary alicyclic amines) is 1. The quantitative estimate of drug-likeness (QED) is 0.770. The van der Waals surface area contributed by atoms with Gasteiger partial charge in [-0.25, -0.2) is 4.98 Å². The minimum atomic E-state index is 0.274. The van der Waals surface area contributed by atoms with E-state index in [0.29, 0.717) is 18.6 Å². The first-order valence-electron chi connectivity index (χ1n) is 8.68. The zero-order valence-electron chi connectivity index (χ0n) is 13.8. The van der Waals surface area contributed by atoms with E-state index in [4.69, 9.17) is 0 Å². The molecule has 4 rings (SSSR count). The van der Waals surface area contributed by atoms with E-state index in [9.17, 15) is 4.79 Å². The number of nitrogens with zero attached hydrogens (tertiary/aromatic N) is 5. The lowest BCUT2D eigenvalue weighted by Gasteiger charge is -2.28. The molecule has 0 radical (unpaired) electrons. The van der Waals surface area contributed by atoms with Gasteiger partial charge in [-0.1, -0.05) is 6.07 Å². The Bertz CT molecular complexity index is 653. The molecule has 0 N–H and O–H groups in total. The molecule has 7 heteroatoms. The van der Waals surface area contributed by atoms with Crippen molar-refractivity contribution in [3.05, 3.63) is 35.0 Å². The number of hydrogen-bond donors (Lipinski definition) is 0. The van der Waals surface area contributed by atoms with Crippen LogP contribution in [0, 0.1) is 0 Å². The largest absolute Gasteiger partial charge is 0.333 e. The Morgan fingerprint density at radius 3 is 3.00 bits per heavy atom. The molecule has 1 saturated heterocycles. The van der Waals surface area contributed by atoms with Gasteiger partial charge >= 0.3 is 0 Å². The van der Waals surface area contributed by atoms with Gasteiger partial charge in [-0.05, 0) is 43.7 Å². The highest BCUT2D eigenvalue weighted by molar-refractivity contribution is 7.09. The fourth-order valence-electron chi connectivity index (χ4n) is 3.50. The van der Waals surface area contributed by atoms with Crippen LogP contribution >= 0.6 is 11.3 Å². The summed E-state index contributed by atoms with van der Waals surface area (Å²) in [6.45, 7) is 3.12. The summed E-state index contributed by atoms with van der Waals surface area (Å²) in [6, 6.07) is 5.02. The SMILES string of the molecule is O=C(CN1CCC[C@H]1Cn1cncn1)N(Cc1cccs1)C1CC1. The van der Waals surface area contributed by atoms with E-state index in [-0.39, 0.29) is 5.91 Å². The molecule has 0 unspecified atom stereocenters. The van der Waals surface area contributed by atoms with Crippen LogP contribution in [0.2, 0.25) is 0 Å². The summed E-state index contributed by atoms with van der Waals surface area (Å²) in [7, 11) is 0. The van der Waals surface area contributed by atoms with E-state index in [1.54, 1.807) is 24.0 Å². The van der Waals surface area contributed by atoms with Gasteiger partial charge in [0.2, 0.25) is 5.91 Å². The Hall–Kier alpha value is -1.73. The van der Waals surface area contributed by atoms with Gasteiger partial charge in [0.15, 0.2) is 0 Å². The van der Waals surface area contributed by atoms with Crippen molar-refractivity contribution in [1.29, 1.82) is 0 Å². The van der Waals surface area contributed by atoms with E-state index in [1.807, 2.05) is 4.68 Å². The molecule has 1 aliphatic carbocycles. The highest BCUT2D eigenvalue weighted by atomic mass is 32.1. The Labute approximate surface area is 146 Å². The average molecular weight is 345 g/mol. The van der Waals surface area contributed by atoms with Crippen molar-refractivity contribution in [3.8, 4) is 0 Å². The molecule has 128 valence electrons. The first kappa shape index (κ1) is 15.8. The number of thiophene rings is 1. The first-order chi connectivity index (χ1) is 11.8. The van der Waals surface area contributed by atoms with Crippen LogP contribution < -0.4 is 0 Å². The zero-order chi connectivity index (χ0) is 16.4. The van der Waals surface area contributed by atoms with Crippen molar-refractivity contribution in [2.24, 2.45) is 0 Å². The van der Waals surface area contributed by atoms with Gasteiger partial charge in [-0.3, -0.25) is 14.4 Å². The zero-order valence-corrected chi connectivity index (χ0v) is 14.6. The lowest BCUT2D eigenvalue weighted by Crippen LogP contribution is -2.43. The molecule has 1 atom stereocenters. The normalized spacial score (nSPS) is 21.2. The van der Waals surface area contributed by atoms with Crippen molar-refractivity contribution >= 4 is 17.2 Å². The molecular formula is C17H23N5OS. The summed E-state index contributed by atoms with van der Waals surface area (Å²) < 4.78 is 1.87. The number of aromatic nitrogens is 3. The Morgan fingerprint density at radius 2 is 2.29 bits per heavy atom. The number of carbonyl (C=O) groups excluding carboxylic acids is 1. The molecule has 0 bridgehead atoms. The van der Waals surface area contributed by atoms with Gasteiger partial charge in [0.05, 0.1) is 19.6 Å². The van der Waals surface area contributed by atoms with E-state index < -0.39 is 0 Å². The van der Waals surface area contributed by atoms with Crippen LogP contribution in [0.4, 0.5) is 0 Å². The molecule has 1 amide bonds. The summed E-state index contributed by atoms with van der Waals surface area (Å²) in [4.78, 5) is 22.6. The van der Waals surface area contributed by atoms with Gasteiger partial charge < -0.3 is 4.90 Å². The fraction of sp³-hybridized carbons (Fsp3) is 0.588. The van der Waals surface area contributed by atoms with Crippen LogP contribution in [0.1, 0.15) is 30.6 Å². The van der Waals surface area contributed by atoms with Crippen molar-refractivity contribution < 1.29 is 4.79 Å². The highest BCUT2D eigenvalue weighted by Gasteiger charge is 2.35. The van der Waals surface area contributed by atoms with Crippen LogP contribution in [-0.2, 0) is 17.9 Å². The van der Waals surface area contributed by atoms with Crippen molar-refractivity contribution in [1.82, 2.24) is 24.6 Å². The predicted molar refractivity (Wildman–Crippen MR) is 92.5 cm³/mol. The van der Waals surface area contributed by atoms with Gasteiger partial charge in [0.25, 0.3) is 0 Å². The number of carbonyl (C=O) groups is 1. The van der Waals surface area contributed by atoms with Crippen molar-refractivity contribution in [2.45, 2.75) is 50.9 Å². The maximum atomic E-state index is 12.9. The summed E-state index contributed by atoms with van der Waals surface area (Å²) in [6.07, 6.45) is 7.91. The summed E-state index contributed by atoms with van der Waals surface area (Å²) >= 11 is 1.73. The molecule has 2 fully saturated rings. The summed E-state index contributed by atoms with van der Waals surface area (Å²) in [5.41, 5.74) is 0. The Kier molecular flexibility index (Phi) is 4.62. The molecule has 0 spiro atoms. The molecule has 2 aromatic heterocycles. The first-order valence-corrected chi connectivity index (χ1v) is 9.56. The van der Waals surface area contributed by atoms with Gasteiger partial charge in [0.1, 0.15) is 12.7 Å². The molecule has 2 aliphatic rings. The standard InChI is InChI=1S/C17H23N5OS/c23-17(22(14-5-6-14)10-16-4-2-8-24-16)11-20-7-1-3-15(20)9-21-13-18-12-19-21/h2,4,8,12-15H,1,3,5-7,9-11H2/t15-/m0/s1. The van der Waals surface area contributed by atoms with Crippen molar-refractivity contribution in [3.63, 3.8) is 0 Å². The second-order valence-electron chi connectivity index (χ2n) is 6.72. The third kappa shape index (κ3) is 3.67. The van der Waals surface area contributed by atoms with Crippen LogP contribution in [0.15, 0.2) is 30.2 Å². The monoisotopic (exact) mass is 345 g/mol. The number of amides is 1. The fourth-order valence-corrected chi connectivity index (χ4v) is 4.20. The van der Waals surface area contributed by atoms with Crippen LogP contribution in [0.3, 0.4) is 0 Å². The molecule has 2 aromatic rings. The van der Waals surface area contributed by atoms with Crippen molar-refractivity contribution in [2.75, 3.05) is 13.1 Å². The number of hydrogen-bond acceptors (Lipinski definition) is 5. The third-order valence-corrected chi connectivity index (χ3v) is 5.78. The second-order valence-corrected chi connectivity index (χ2v) is 7.75. The summed E-state index contributed by atoms with van der Waals surface area (Å²) in [5, 5.41) is 6.28. The van der Waals surface area contributed by atoms with Gasteiger partial charge in [-0.2, -0.15) is 5.10 Å². The van der Waals surface area contributed by atoms with E-state index >= 15 is 0 Å². The number of rotatable bonds is 7.